The minimum absolute atomic E-state index is 0.0277. The summed E-state index contributed by atoms with van der Waals surface area (Å²) in [5, 5.41) is 10.7. The molecule has 1 aliphatic rings. The van der Waals surface area contributed by atoms with Crippen LogP contribution < -0.4 is 0 Å². The Labute approximate surface area is 145 Å². The van der Waals surface area contributed by atoms with Gasteiger partial charge in [-0.05, 0) is 19.1 Å². The van der Waals surface area contributed by atoms with Crippen molar-refractivity contribution in [2.24, 2.45) is 0 Å². The summed E-state index contributed by atoms with van der Waals surface area (Å²) < 4.78 is 10.5. The van der Waals surface area contributed by atoms with E-state index in [2.05, 4.69) is 0 Å². The lowest BCUT2D eigenvalue weighted by molar-refractivity contribution is -0.140. The van der Waals surface area contributed by atoms with Crippen molar-refractivity contribution in [3.8, 4) is 0 Å². The summed E-state index contributed by atoms with van der Waals surface area (Å²) in [6.45, 7) is 2.42. The number of methoxy groups -OCH3 is 1. The van der Waals surface area contributed by atoms with Gasteiger partial charge < -0.3 is 19.2 Å². The van der Waals surface area contributed by atoms with E-state index in [-0.39, 0.29) is 24.5 Å². The highest BCUT2D eigenvalue weighted by Crippen LogP contribution is 2.39. The van der Waals surface area contributed by atoms with Gasteiger partial charge in [-0.25, -0.2) is 0 Å². The molecule has 130 valence electrons. The van der Waals surface area contributed by atoms with Crippen LogP contribution in [-0.4, -0.2) is 42.0 Å². The number of Topliss-reactive ketones (excluding diaryl/α,β-unsaturated/α-hetero) is 1. The predicted molar refractivity (Wildman–Crippen MR) is 90.8 cm³/mol. The summed E-state index contributed by atoms with van der Waals surface area (Å²) in [5.74, 6) is -1.19. The van der Waals surface area contributed by atoms with Gasteiger partial charge in [0.2, 0.25) is 0 Å². The molecule has 6 heteroatoms. The first-order chi connectivity index (χ1) is 12.0. The molecular weight excluding hydrogens is 322 g/mol. The molecule has 6 nitrogen and oxygen atoms in total. The Kier molecular flexibility index (Phi) is 4.72. The highest BCUT2D eigenvalue weighted by molar-refractivity contribution is 6.46. The van der Waals surface area contributed by atoms with E-state index in [4.69, 9.17) is 9.15 Å². The molecule has 3 rings (SSSR count). The van der Waals surface area contributed by atoms with Gasteiger partial charge in [0.15, 0.2) is 0 Å². The van der Waals surface area contributed by atoms with E-state index in [1.54, 1.807) is 24.3 Å². The minimum Gasteiger partial charge on any atom is -0.507 e. The smallest absolute Gasteiger partial charge is 0.295 e. The third-order valence-corrected chi connectivity index (χ3v) is 4.21. The first-order valence-electron chi connectivity index (χ1n) is 7.92. The zero-order valence-corrected chi connectivity index (χ0v) is 14.1. The van der Waals surface area contributed by atoms with Crippen molar-refractivity contribution in [2.75, 3.05) is 20.3 Å². The lowest BCUT2D eigenvalue weighted by Crippen LogP contribution is -2.32. The molecule has 0 bridgehead atoms. The molecule has 1 aromatic carbocycles. The van der Waals surface area contributed by atoms with Crippen molar-refractivity contribution in [3.05, 3.63) is 65.1 Å². The fraction of sp³-hybridized carbons (Fsp3) is 0.263. The fourth-order valence-electron chi connectivity index (χ4n) is 2.91. The number of aliphatic hydroxyl groups excluding tert-OH is 1. The number of aryl methyl sites for hydroxylation is 1. The molecule has 1 fully saturated rings. The van der Waals surface area contributed by atoms with Crippen molar-refractivity contribution < 1.29 is 23.8 Å². The molecule has 1 aliphatic heterocycles. The number of rotatable bonds is 5. The van der Waals surface area contributed by atoms with Gasteiger partial charge in [0.05, 0.1) is 18.4 Å². The lowest BCUT2D eigenvalue weighted by Gasteiger charge is -2.22. The van der Waals surface area contributed by atoms with E-state index >= 15 is 0 Å². The SMILES string of the molecule is COCCN1C(=O)C(=O)/C(=C(\O)c2ccc(C)cc2)C1c1ccco1. The van der Waals surface area contributed by atoms with Crippen LogP contribution in [0.2, 0.25) is 0 Å². The molecule has 25 heavy (non-hydrogen) atoms. The van der Waals surface area contributed by atoms with Gasteiger partial charge >= 0.3 is 0 Å². The number of likely N-dealkylation sites (tertiary alicyclic amines) is 1. The van der Waals surface area contributed by atoms with Gasteiger partial charge in [0.25, 0.3) is 11.7 Å². The van der Waals surface area contributed by atoms with Crippen LogP contribution in [0.25, 0.3) is 5.76 Å². The molecule has 1 N–H and O–H groups in total. The molecule has 1 aromatic heterocycles. The monoisotopic (exact) mass is 341 g/mol. The Morgan fingerprint density at radius 2 is 1.96 bits per heavy atom. The molecule has 2 aromatic rings. The molecular formula is C19H19NO5. The molecule has 0 spiro atoms. The van der Waals surface area contributed by atoms with E-state index < -0.39 is 17.7 Å². The quantitative estimate of drug-likeness (QED) is 0.514. The number of carbonyl (C=O) groups is 2. The van der Waals surface area contributed by atoms with Crippen molar-refractivity contribution >= 4 is 17.4 Å². The maximum Gasteiger partial charge on any atom is 0.295 e. The van der Waals surface area contributed by atoms with Gasteiger partial charge in [-0.1, -0.05) is 29.8 Å². The number of amides is 1. The molecule has 0 aliphatic carbocycles. The molecule has 1 saturated heterocycles. The third-order valence-electron chi connectivity index (χ3n) is 4.21. The van der Waals surface area contributed by atoms with Crippen molar-refractivity contribution in [3.63, 3.8) is 0 Å². The molecule has 1 atom stereocenters. The highest BCUT2D eigenvalue weighted by Gasteiger charge is 2.47. The minimum atomic E-state index is -0.772. The number of ether oxygens (including phenoxy) is 1. The Morgan fingerprint density at radius 3 is 2.56 bits per heavy atom. The number of furan rings is 1. The first kappa shape index (κ1) is 17.0. The number of hydrogen-bond acceptors (Lipinski definition) is 5. The number of carbonyl (C=O) groups excluding carboxylic acids is 2. The topological polar surface area (TPSA) is 80.0 Å². The van der Waals surface area contributed by atoms with Gasteiger partial charge in [-0.15, -0.1) is 0 Å². The van der Waals surface area contributed by atoms with Crippen LogP contribution in [0.3, 0.4) is 0 Å². The Hall–Kier alpha value is -2.86. The van der Waals surface area contributed by atoms with E-state index in [0.29, 0.717) is 11.3 Å². The van der Waals surface area contributed by atoms with Gasteiger partial charge in [-0.3, -0.25) is 9.59 Å². The summed E-state index contributed by atoms with van der Waals surface area (Å²) >= 11 is 0. The summed E-state index contributed by atoms with van der Waals surface area (Å²) in [6, 6.07) is 9.68. The highest BCUT2D eigenvalue weighted by atomic mass is 16.5. The van der Waals surface area contributed by atoms with Crippen molar-refractivity contribution in [1.82, 2.24) is 4.90 Å². The standard InChI is InChI=1S/C19H19NO5/c1-12-5-7-13(8-6-12)17(21)15-16(14-4-3-10-25-14)20(9-11-24-2)19(23)18(15)22/h3-8,10,16,21H,9,11H2,1-2H3/b17-15-. The number of hydrogen-bond donors (Lipinski definition) is 1. The third kappa shape index (κ3) is 3.08. The van der Waals surface area contributed by atoms with Crippen LogP contribution in [0.4, 0.5) is 0 Å². The number of benzene rings is 1. The maximum atomic E-state index is 12.6. The second-order valence-corrected chi connectivity index (χ2v) is 5.87. The molecule has 0 radical (unpaired) electrons. The molecule has 1 amide bonds. The Balaban J connectivity index is 2.11. The fourth-order valence-corrected chi connectivity index (χ4v) is 2.91. The lowest BCUT2D eigenvalue weighted by atomic mass is 9.99. The second kappa shape index (κ2) is 6.94. The number of nitrogens with zero attached hydrogens (tertiary/aromatic N) is 1. The summed E-state index contributed by atoms with van der Waals surface area (Å²) in [6.07, 6.45) is 1.47. The largest absolute Gasteiger partial charge is 0.507 e. The maximum absolute atomic E-state index is 12.6. The van der Waals surface area contributed by atoms with Crippen LogP contribution in [0.1, 0.15) is 22.9 Å². The molecule has 1 unspecified atom stereocenters. The van der Waals surface area contributed by atoms with Crippen molar-refractivity contribution in [1.29, 1.82) is 0 Å². The molecule has 0 saturated carbocycles. The number of aliphatic hydroxyl groups is 1. The van der Waals surface area contributed by atoms with Gasteiger partial charge in [-0.2, -0.15) is 0 Å². The average molecular weight is 341 g/mol. The zero-order chi connectivity index (χ0) is 18.0. The first-order valence-corrected chi connectivity index (χ1v) is 7.92. The van der Waals surface area contributed by atoms with E-state index in [1.165, 1.54) is 18.3 Å². The normalized spacial score (nSPS) is 19.6. The molecule has 2 heterocycles. The summed E-state index contributed by atoms with van der Waals surface area (Å²) in [5.41, 5.74) is 1.53. The number of ketones is 1. The van der Waals surface area contributed by atoms with E-state index in [9.17, 15) is 14.7 Å². The van der Waals surface area contributed by atoms with Crippen molar-refractivity contribution in [2.45, 2.75) is 13.0 Å². The van der Waals surface area contributed by atoms with Crippen LogP contribution in [0.5, 0.6) is 0 Å². The second-order valence-electron chi connectivity index (χ2n) is 5.87. The van der Waals surface area contributed by atoms with Crippen LogP contribution in [0, 0.1) is 6.92 Å². The van der Waals surface area contributed by atoms with Crippen LogP contribution in [-0.2, 0) is 14.3 Å². The zero-order valence-electron chi connectivity index (χ0n) is 14.1. The summed E-state index contributed by atoms with van der Waals surface area (Å²) in [7, 11) is 1.52. The summed E-state index contributed by atoms with van der Waals surface area (Å²) in [4.78, 5) is 26.4. The van der Waals surface area contributed by atoms with Gasteiger partial charge in [0, 0.05) is 19.2 Å². The average Bonchev–Trinajstić information content (AvgIpc) is 3.21. The Bertz CT molecular complexity index is 805. The predicted octanol–water partition coefficient (Wildman–Crippen LogP) is 2.66. The Morgan fingerprint density at radius 1 is 1.24 bits per heavy atom. The van der Waals surface area contributed by atoms with Gasteiger partial charge in [0.1, 0.15) is 17.6 Å². The van der Waals surface area contributed by atoms with Crippen LogP contribution in [0.15, 0.2) is 52.7 Å². The van der Waals surface area contributed by atoms with E-state index in [0.717, 1.165) is 5.56 Å². The van der Waals surface area contributed by atoms with E-state index in [1.807, 2.05) is 19.1 Å². The van der Waals surface area contributed by atoms with Crippen LogP contribution >= 0.6 is 0 Å².